The summed E-state index contributed by atoms with van der Waals surface area (Å²) in [5, 5.41) is 5.79. The largest absolute Gasteiger partial charge is 0.373 e. The molecule has 1 atom stereocenters. The van der Waals surface area contributed by atoms with E-state index in [9.17, 15) is 9.59 Å². The van der Waals surface area contributed by atoms with Gasteiger partial charge in [0.2, 0.25) is 5.91 Å². The maximum atomic E-state index is 12.6. The zero-order chi connectivity index (χ0) is 19.8. The first-order chi connectivity index (χ1) is 12.9. The molecule has 0 fully saturated rings. The van der Waals surface area contributed by atoms with Crippen molar-refractivity contribution in [1.82, 2.24) is 10.6 Å². The molecule has 0 heterocycles. The van der Waals surface area contributed by atoms with Crippen molar-refractivity contribution in [2.24, 2.45) is 5.92 Å². The van der Waals surface area contributed by atoms with Crippen LogP contribution in [0.1, 0.15) is 29.8 Å². The number of benzene rings is 2. The molecule has 2 N–H and O–H groups in total. The van der Waals surface area contributed by atoms with Crippen LogP contribution in [0.25, 0.3) is 0 Å². The summed E-state index contributed by atoms with van der Waals surface area (Å²) in [7, 11) is 1.99. The van der Waals surface area contributed by atoms with Crippen LogP contribution in [0.3, 0.4) is 0 Å². The highest BCUT2D eigenvalue weighted by Gasteiger charge is 2.24. The highest BCUT2D eigenvalue weighted by Crippen LogP contribution is 2.10. The Morgan fingerprint density at radius 3 is 2.22 bits per heavy atom. The van der Waals surface area contributed by atoms with Gasteiger partial charge in [0, 0.05) is 31.4 Å². The van der Waals surface area contributed by atoms with E-state index in [0.29, 0.717) is 18.7 Å². The van der Waals surface area contributed by atoms with Crippen LogP contribution < -0.4 is 15.5 Å². The van der Waals surface area contributed by atoms with Crippen molar-refractivity contribution in [3.63, 3.8) is 0 Å². The van der Waals surface area contributed by atoms with E-state index in [0.717, 1.165) is 11.3 Å². The van der Waals surface area contributed by atoms with Crippen LogP contribution in [-0.2, 0) is 4.79 Å². The third-order valence-corrected chi connectivity index (χ3v) is 4.49. The first-order valence-corrected chi connectivity index (χ1v) is 9.30. The highest BCUT2D eigenvalue weighted by molar-refractivity contribution is 5.97. The van der Waals surface area contributed by atoms with Crippen molar-refractivity contribution >= 4 is 17.5 Å². The lowest BCUT2D eigenvalue weighted by Gasteiger charge is -2.23. The van der Waals surface area contributed by atoms with E-state index < -0.39 is 6.04 Å². The summed E-state index contributed by atoms with van der Waals surface area (Å²) in [6.07, 6.45) is 0. The molecule has 0 bridgehead atoms. The normalized spacial score (nSPS) is 11.7. The summed E-state index contributed by atoms with van der Waals surface area (Å²) in [5.74, 6) is -0.400. The quantitative estimate of drug-likeness (QED) is 0.754. The second kappa shape index (κ2) is 9.76. The predicted molar refractivity (Wildman–Crippen MR) is 110 cm³/mol. The minimum atomic E-state index is -0.569. The van der Waals surface area contributed by atoms with E-state index in [1.165, 1.54) is 0 Å². The maximum absolute atomic E-state index is 12.6. The second-order valence-corrected chi connectivity index (χ2v) is 7.11. The zero-order valence-corrected chi connectivity index (χ0v) is 16.5. The fourth-order valence-corrected chi connectivity index (χ4v) is 2.73. The van der Waals surface area contributed by atoms with Crippen molar-refractivity contribution in [2.45, 2.75) is 26.8 Å². The van der Waals surface area contributed by atoms with E-state index in [2.05, 4.69) is 15.5 Å². The summed E-state index contributed by atoms with van der Waals surface area (Å²) in [4.78, 5) is 27.1. The molecule has 27 heavy (non-hydrogen) atoms. The molecule has 0 aromatic heterocycles. The molecule has 0 aliphatic heterocycles. The molecule has 5 nitrogen and oxygen atoms in total. The van der Waals surface area contributed by atoms with Crippen LogP contribution in [0, 0.1) is 12.8 Å². The van der Waals surface area contributed by atoms with E-state index >= 15 is 0 Å². The number of carbonyl (C=O) groups excluding carboxylic acids is 2. The molecule has 0 aliphatic rings. The lowest BCUT2D eigenvalue weighted by atomic mass is 10.0. The van der Waals surface area contributed by atoms with Gasteiger partial charge in [-0.25, -0.2) is 0 Å². The summed E-state index contributed by atoms with van der Waals surface area (Å²) in [5.41, 5.74) is 2.75. The van der Waals surface area contributed by atoms with Gasteiger partial charge in [-0.15, -0.1) is 0 Å². The molecule has 0 aliphatic carbocycles. The first-order valence-electron chi connectivity index (χ1n) is 9.30. The van der Waals surface area contributed by atoms with Gasteiger partial charge in [0.1, 0.15) is 6.04 Å². The number of hydrogen-bond acceptors (Lipinski definition) is 3. The summed E-state index contributed by atoms with van der Waals surface area (Å²) >= 11 is 0. The Balaban J connectivity index is 1.88. The van der Waals surface area contributed by atoms with Crippen LogP contribution in [0.4, 0.5) is 5.69 Å². The molecule has 2 aromatic carbocycles. The molecule has 0 spiro atoms. The van der Waals surface area contributed by atoms with Crippen LogP contribution in [0.15, 0.2) is 54.6 Å². The van der Waals surface area contributed by atoms with Crippen LogP contribution in [0.5, 0.6) is 0 Å². The van der Waals surface area contributed by atoms with Gasteiger partial charge < -0.3 is 15.5 Å². The van der Waals surface area contributed by atoms with Gasteiger partial charge in [0.05, 0.1) is 0 Å². The fraction of sp³-hybridized carbons (Fsp3) is 0.364. The van der Waals surface area contributed by atoms with Gasteiger partial charge in [-0.1, -0.05) is 49.7 Å². The Hall–Kier alpha value is -2.82. The maximum Gasteiger partial charge on any atom is 0.251 e. The molecule has 2 aromatic rings. The van der Waals surface area contributed by atoms with Crippen LogP contribution in [0.2, 0.25) is 0 Å². The molecule has 2 rings (SSSR count). The predicted octanol–water partition coefficient (Wildman–Crippen LogP) is 3.00. The van der Waals surface area contributed by atoms with Crippen molar-refractivity contribution in [1.29, 1.82) is 0 Å². The number of carbonyl (C=O) groups is 2. The number of hydrogen-bond donors (Lipinski definition) is 2. The van der Waals surface area contributed by atoms with E-state index in [-0.39, 0.29) is 17.7 Å². The Labute approximate surface area is 161 Å². The number of amides is 2. The van der Waals surface area contributed by atoms with Crippen LogP contribution in [-0.4, -0.2) is 38.0 Å². The average Bonchev–Trinajstić information content (AvgIpc) is 2.66. The number of rotatable bonds is 8. The summed E-state index contributed by atoms with van der Waals surface area (Å²) < 4.78 is 0. The number of anilines is 1. The van der Waals surface area contributed by atoms with Crippen LogP contribution >= 0.6 is 0 Å². The summed E-state index contributed by atoms with van der Waals surface area (Å²) in [6.45, 7) is 7.02. The number of likely N-dealkylation sites (N-methyl/N-ethyl adjacent to an activating group) is 1. The minimum absolute atomic E-state index is 0.00810. The third-order valence-electron chi connectivity index (χ3n) is 4.49. The Morgan fingerprint density at radius 2 is 1.63 bits per heavy atom. The second-order valence-electron chi connectivity index (χ2n) is 7.11. The van der Waals surface area contributed by atoms with Crippen molar-refractivity contribution in [2.75, 3.05) is 25.0 Å². The van der Waals surface area contributed by atoms with Crippen molar-refractivity contribution in [3.05, 3.63) is 65.7 Å². The van der Waals surface area contributed by atoms with Gasteiger partial charge in [-0.2, -0.15) is 0 Å². The lowest BCUT2D eigenvalue weighted by Crippen LogP contribution is -2.50. The molecule has 0 unspecified atom stereocenters. The standard InChI is InChI=1S/C22H29N3O2/c1-16(2)20(24-21(26)18-12-10-17(3)11-13-18)22(27)23-14-15-25(4)19-8-6-5-7-9-19/h5-13,16,20H,14-15H2,1-4H3,(H,23,27)(H,24,26)/t20-/m0/s1. The van der Waals surface area contributed by atoms with Crippen molar-refractivity contribution < 1.29 is 9.59 Å². The van der Waals surface area contributed by atoms with E-state index in [4.69, 9.17) is 0 Å². The number of aryl methyl sites for hydroxylation is 1. The first kappa shape index (κ1) is 20.5. The Morgan fingerprint density at radius 1 is 1.00 bits per heavy atom. The monoisotopic (exact) mass is 367 g/mol. The molecule has 0 saturated carbocycles. The molecule has 144 valence electrons. The third kappa shape index (κ3) is 6.13. The fourth-order valence-electron chi connectivity index (χ4n) is 2.73. The molecule has 2 amide bonds. The molecule has 0 radical (unpaired) electrons. The summed E-state index contributed by atoms with van der Waals surface area (Å²) in [6, 6.07) is 16.8. The minimum Gasteiger partial charge on any atom is -0.373 e. The number of nitrogens with one attached hydrogen (secondary N) is 2. The SMILES string of the molecule is Cc1ccc(C(=O)N[C@H](C(=O)NCCN(C)c2ccccc2)C(C)C)cc1. The number of para-hydroxylation sites is 1. The van der Waals surface area contributed by atoms with Crippen molar-refractivity contribution in [3.8, 4) is 0 Å². The Kier molecular flexibility index (Phi) is 7.41. The Bertz CT molecular complexity index is 742. The van der Waals surface area contributed by atoms with Gasteiger partial charge in [0.25, 0.3) is 5.91 Å². The topological polar surface area (TPSA) is 61.4 Å². The van der Waals surface area contributed by atoms with Gasteiger partial charge in [0.15, 0.2) is 0 Å². The zero-order valence-electron chi connectivity index (χ0n) is 16.5. The number of nitrogens with zero attached hydrogens (tertiary/aromatic N) is 1. The molecule has 0 saturated heterocycles. The van der Waals surface area contributed by atoms with Gasteiger partial charge >= 0.3 is 0 Å². The smallest absolute Gasteiger partial charge is 0.251 e. The van der Waals surface area contributed by atoms with Gasteiger partial charge in [-0.3, -0.25) is 9.59 Å². The average molecular weight is 367 g/mol. The lowest BCUT2D eigenvalue weighted by molar-refractivity contribution is -0.123. The van der Waals surface area contributed by atoms with Gasteiger partial charge in [-0.05, 0) is 37.1 Å². The van der Waals surface area contributed by atoms with E-state index in [1.54, 1.807) is 12.1 Å². The molecular formula is C22H29N3O2. The van der Waals surface area contributed by atoms with E-state index in [1.807, 2.05) is 70.3 Å². The molecule has 5 heteroatoms. The molecular weight excluding hydrogens is 338 g/mol. The highest BCUT2D eigenvalue weighted by atomic mass is 16.2.